The number of rotatable bonds is 5. The Kier molecular flexibility index (Phi) is 6.32. The number of thiophene rings is 1. The van der Waals surface area contributed by atoms with E-state index in [1.165, 1.54) is 17.6 Å². The second kappa shape index (κ2) is 8.87. The maximum absolute atomic E-state index is 12.8. The molecular weight excluding hydrogens is 446 g/mol. The molecule has 0 radical (unpaired) electrons. The first-order valence-corrected chi connectivity index (χ1v) is 12.0. The highest BCUT2D eigenvalue weighted by Gasteiger charge is 2.31. The number of aryl methyl sites for hydroxylation is 2. The predicted molar refractivity (Wildman–Crippen MR) is 130 cm³/mol. The molecule has 0 saturated carbocycles. The third kappa shape index (κ3) is 4.69. The smallest absolute Gasteiger partial charge is 0.259 e. The van der Waals surface area contributed by atoms with E-state index in [4.69, 9.17) is 16.3 Å². The van der Waals surface area contributed by atoms with Gasteiger partial charge in [-0.25, -0.2) is 4.98 Å². The Morgan fingerprint density at radius 1 is 1.38 bits per heavy atom. The summed E-state index contributed by atoms with van der Waals surface area (Å²) in [5, 5.41) is 3.98. The molecule has 2 N–H and O–H groups in total. The maximum atomic E-state index is 12.8. The molecule has 1 amide bonds. The number of benzene rings is 1. The van der Waals surface area contributed by atoms with Crippen LogP contribution >= 0.6 is 22.9 Å². The maximum Gasteiger partial charge on any atom is 0.259 e. The summed E-state index contributed by atoms with van der Waals surface area (Å²) in [5.74, 6) is 1.52. The van der Waals surface area contributed by atoms with Crippen LogP contribution in [0.15, 0.2) is 23.0 Å². The highest BCUT2D eigenvalue weighted by molar-refractivity contribution is 7.18. The number of H-pyrrole nitrogens is 1. The number of ether oxygens (including phenoxy) is 1. The summed E-state index contributed by atoms with van der Waals surface area (Å²) in [6.45, 7) is 6.85. The number of hydrogen-bond acceptors (Lipinski definition) is 5. The molecule has 170 valence electrons. The number of fused-ring (bicyclic) bond motifs is 3. The highest BCUT2D eigenvalue weighted by atomic mass is 35.5. The van der Waals surface area contributed by atoms with Gasteiger partial charge in [0.2, 0.25) is 5.91 Å². The molecule has 3 aromatic rings. The van der Waals surface area contributed by atoms with Crippen molar-refractivity contribution in [3.8, 4) is 5.75 Å². The molecule has 2 aromatic heterocycles. The molecule has 0 bridgehead atoms. The molecule has 6 nitrogen and oxygen atoms in total. The molecular formula is C24H28ClN3O3S. The molecule has 1 aliphatic carbocycles. The van der Waals surface area contributed by atoms with Gasteiger partial charge in [-0.15, -0.1) is 11.3 Å². The number of nitrogens with zero attached hydrogens (tertiary/aromatic N) is 1. The summed E-state index contributed by atoms with van der Waals surface area (Å²) in [5.41, 5.74) is 1.91. The molecule has 1 atom stereocenters. The second-order valence-corrected chi connectivity index (χ2v) is 10.9. The molecule has 1 unspecified atom stereocenters. The standard InChI is InChI=1S/C24H28ClN3O3S/c1-24(2,3)13-5-7-15-18(11-13)32-23-21(15)22(30)27-19(28-23)9-10-20(29)26-14-6-8-17(31-4)16(25)12-14/h6,8,12-13H,5,7,9-11H2,1-4H3,(H,26,29)(H,27,28,30). The predicted octanol–water partition coefficient (Wildman–Crippen LogP) is 5.37. The Morgan fingerprint density at radius 2 is 2.16 bits per heavy atom. The molecule has 0 aliphatic heterocycles. The average molecular weight is 474 g/mol. The van der Waals surface area contributed by atoms with E-state index < -0.39 is 0 Å². The normalized spacial score (nSPS) is 16.1. The van der Waals surface area contributed by atoms with E-state index in [2.05, 4.69) is 36.1 Å². The van der Waals surface area contributed by atoms with Gasteiger partial charge < -0.3 is 15.0 Å². The van der Waals surface area contributed by atoms with Crippen molar-refractivity contribution < 1.29 is 9.53 Å². The number of carbonyl (C=O) groups is 1. The van der Waals surface area contributed by atoms with Crippen LogP contribution < -0.4 is 15.6 Å². The van der Waals surface area contributed by atoms with Gasteiger partial charge in [-0.2, -0.15) is 0 Å². The molecule has 0 spiro atoms. The van der Waals surface area contributed by atoms with Crippen LogP contribution in [0.1, 0.15) is 49.9 Å². The average Bonchev–Trinajstić information content (AvgIpc) is 3.10. The first-order chi connectivity index (χ1) is 15.2. The minimum absolute atomic E-state index is 0.0981. The van der Waals surface area contributed by atoms with Crippen molar-refractivity contribution in [2.75, 3.05) is 12.4 Å². The molecule has 4 rings (SSSR count). The quantitative estimate of drug-likeness (QED) is 0.521. The van der Waals surface area contributed by atoms with Gasteiger partial charge in [-0.3, -0.25) is 9.59 Å². The Bertz CT molecular complexity index is 1230. The monoisotopic (exact) mass is 473 g/mol. The molecule has 2 heterocycles. The number of anilines is 1. The summed E-state index contributed by atoms with van der Waals surface area (Å²) in [7, 11) is 1.54. The molecule has 8 heteroatoms. The van der Waals surface area contributed by atoms with Crippen LogP contribution in [0, 0.1) is 11.3 Å². The van der Waals surface area contributed by atoms with Gasteiger partial charge in [0.15, 0.2) is 0 Å². The van der Waals surface area contributed by atoms with Gasteiger partial charge in [-0.05, 0) is 54.4 Å². The van der Waals surface area contributed by atoms with Crippen molar-refractivity contribution in [2.24, 2.45) is 11.3 Å². The van der Waals surface area contributed by atoms with Crippen molar-refractivity contribution in [3.63, 3.8) is 0 Å². The number of carbonyl (C=O) groups excluding carboxylic acids is 1. The number of halogens is 1. The number of aromatic amines is 1. The Morgan fingerprint density at radius 3 is 2.84 bits per heavy atom. The summed E-state index contributed by atoms with van der Waals surface area (Å²) >= 11 is 7.74. The fourth-order valence-electron chi connectivity index (χ4n) is 4.29. The van der Waals surface area contributed by atoms with Crippen molar-refractivity contribution in [3.05, 3.63) is 49.8 Å². The summed E-state index contributed by atoms with van der Waals surface area (Å²) in [6.07, 6.45) is 3.58. The summed E-state index contributed by atoms with van der Waals surface area (Å²) in [6, 6.07) is 5.08. The lowest BCUT2D eigenvalue weighted by Crippen LogP contribution is -2.26. The van der Waals surface area contributed by atoms with Gasteiger partial charge in [0, 0.05) is 23.4 Å². The van der Waals surface area contributed by atoms with Crippen LogP contribution in [0.4, 0.5) is 5.69 Å². The first kappa shape index (κ1) is 22.8. The lowest BCUT2D eigenvalue weighted by atomic mass is 9.72. The number of aromatic nitrogens is 2. The molecule has 32 heavy (non-hydrogen) atoms. The van der Waals surface area contributed by atoms with E-state index in [0.29, 0.717) is 34.6 Å². The number of methoxy groups -OCH3 is 1. The highest BCUT2D eigenvalue weighted by Crippen LogP contribution is 2.42. The Balaban J connectivity index is 1.47. The first-order valence-electron chi connectivity index (χ1n) is 10.8. The van der Waals surface area contributed by atoms with Gasteiger partial charge in [-0.1, -0.05) is 32.4 Å². The van der Waals surface area contributed by atoms with E-state index in [1.54, 1.807) is 29.5 Å². The van der Waals surface area contributed by atoms with Crippen LogP contribution in [-0.4, -0.2) is 23.0 Å². The number of nitrogens with one attached hydrogen (secondary N) is 2. The second-order valence-electron chi connectivity index (χ2n) is 9.40. The number of amides is 1. The topological polar surface area (TPSA) is 84.1 Å². The van der Waals surface area contributed by atoms with Crippen LogP contribution in [0.2, 0.25) is 5.02 Å². The van der Waals surface area contributed by atoms with E-state index in [1.807, 2.05) is 0 Å². The Hall–Kier alpha value is -2.38. The summed E-state index contributed by atoms with van der Waals surface area (Å²) < 4.78 is 5.12. The zero-order valence-electron chi connectivity index (χ0n) is 18.8. The van der Waals surface area contributed by atoms with Gasteiger partial charge in [0.1, 0.15) is 16.4 Å². The van der Waals surface area contributed by atoms with Gasteiger partial charge in [0.25, 0.3) is 5.56 Å². The van der Waals surface area contributed by atoms with Crippen molar-refractivity contribution in [1.29, 1.82) is 0 Å². The fraction of sp³-hybridized carbons (Fsp3) is 0.458. The van der Waals surface area contributed by atoms with E-state index in [0.717, 1.165) is 29.5 Å². The molecule has 0 fully saturated rings. The molecule has 1 aliphatic rings. The van der Waals surface area contributed by atoms with E-state index in [9.17, 15) is 9.59 Å². The molecule has 1 aromatic carbocycles. The van der Waals surface area contributed by atoms with Crippen LogP contribution in [0.25, 0.3) is 10.2 Å². The summed E-state index contributed by atoms with van der Waals surface area (Å²) in [4.78, 5) is 34.9. The van der Waals surface area contributed by atoms with E-state index >= 15 is 0 Å². The van der Waals surface area contributed by atoms with Crippen molar-refractivity contribution in [1.82, 2.24) is 9.97 Å². The fourth-order valence-corrected chi connectivity index (χ4v) is 5.86. The van der Waals surface area contributed by atoms with Crippen molar-refractivity contribution >= 4 is 44.7 Å². The largest absolute Gasteiger partial charge is 0.495 e. The third-order valence-corrected chi connectivity index (χ3v) is 7.66. The SMILES string of the molecule is COc1ccc(NC(=O)CCc2nc3sc4c(c3c(=O)[nH]2)CCC(C(C)(C)C)C4)cc1Cl. The molecule has 0 saturated heterocycles. The van der Waals surface area contributed by atoms with E-state index in [-0.39, 0.29) is 23.3 Å². The zero-order valence-corrected chi connectivity index (χ0v) is 20.4. The Labute approximate surface area is 196 Å². The van der Waals surface area contributed by atoms with Gasteiger partial charge >= 0.3 is 0 Å². The lowest BCUT2D eigenvalue weighted by molar-refractivity contribution is -0.116. The van der Waals surface area contributed by atoms with Crippen LogP contribution in [-0.2, 0) is 24.1 Å². The minimum Gasteiger partial charge on any atom is -0.495 e. The third-order valence-electron chi connectivity index (χ3n) is 6.22. The number of hydrogen-bond donors (Lipinski definition) is 2. The van der Waals surface area contributed by atoms with Gasteiger partial charge in [0.05, 0.1) is 17.5 Å². The van der Waals surface area contributed by atoms with Crippen LogP contribution in [0.5, 0.6) is 5.75 Å². The van der Waals surface area contributed by atoms with Crippen LogP contribution in [0.3, 0.4) is 0 Å². The minimum atomic E-state index is -0.174. The lowest BCUT2D eigenvalue weighted by Gasteiger charge is -2.33. The zero-order chi connectivity index (χ0) is 23.0. The van der Waals surface area contributed by atoms with Crippen molar-refractivity contribution in [2.45, 2.75) is 52.9 Å².